The van der Waals surface area contributed by atoms with Crippen molar-refractivity contribution in [1.29, 1.82) is 0 Å². The van der Waals surface area contributed by atoms with Crippen LogP contribution in [0.5, 0.6) is 5.75 Å². The Hall–Kier alpha value is -1.02. The maximum atomic E-state index is 5.76. The molecule has 0 spiro atoms. The van der Waals surface area contributed by atoms with E-state index in [1.54, 1.807) is 0 Å². The first kappa shape index (κ1) is 12.1. The summed E-state index contributed by atoms with van der Waals surface area (Å²) in [6.45, 7) is 6.22. The van der Waals surface area contributed by atoms with Crippen LogP contribution in [0, 0.1) is 0 Å². The number of nitrogens with two attached hydrogens (primary N) is 1. The maximum Gasteiger partial charge on any atom is 0.119 e. The summed E-state index contributed by atoms with van der Waals surface area (Å²) in [7, 11) is 0. The highest BCUT2D eigenvalue weighted by atomic mass is 16.5. The van der Waals surface area contributed by atoms with E-state index in [0.717, 1.165) is 18.6 Å². The Kier molecular flexibility index (Phi) is 4.63. The smallest absolute Gasteiger partial charge is 0.119 e. The zero-order valence-electron chi connectivity index (χ0n) is 9.86. The fourth-order valence-corrected chi connectivity index (χ4v) is 1.43. The summed E-state index contributed by atoms with van der Waals surface area (Å²) in [5.41, 5.74) is 7.00. The average Bonchev–Trinajstić information content (AvgIpc) is 2.17. The van der Waals surface area contributed by atoms with Crippen LogP contribution in [0.15, 0.2) is 24.3 Å². The molecule has 2 heteroatoms. The van der Waals surface area contributed by atoms with E-state index in [9.17, 15) is 0 Å². The van der Waals surface area contributed by atoms with E-state index >= 15 is 0 Å². The molecule has 1 aromatic carbocycles. The van der Waals surface area contributed by atoms with Gasteiger partial charge in [-0.05, 0) is 44.4 Å². The summed E-state index contributed by atoms with van der Waals surface area (Å²) in [4.78, 5) is 0. The van der Waals surface area contributed by atoms with E-state index in [0.29, 0.717) is 0 Å². The summed E-state index contributed by atoms with van der Waals surface area (Å²) in [6.07, 6.45) is 2.20. The van der Waals surface area contributed by atoms with Gasteiger partial charge in [0.15, 0.2) is 0 Å². The first-order valence-electron chi connectivity index (χ1n) is 5.63. The lowest BCUT2D eigenvalue weighted by Crippen LogP contribution is -2.17. The van der Waals surface area contributed by atoms with Crippen molar-refractivity contribution in [3.05, 3.63) is 29.8 Å². The minimum absolute atomic E-state index is 0.198. The predicted molar refractivity (Wildman–Crippen MR) is 64.2 cm³/mol. The topological polar surface area (TPSA) is 35.2 Å². The minimum Gasteiger partial charge on any atom is -0.491 e. The van der Waals surface area contributed by atoms with E-state index in [1.165, 1.54) is 5.56 Å². The highest BCUT2D eigenvalue weighted by molar-refractivity contribution is 5.29. The molecule has 0 heterocycles. The second-order valence-corrected chi connectivity index (χ2v) is 4.17. The SMILES string of the molecule is CCC(C)Oc1cccc(CC(C)N)c1. The third-order valence-corrected chi connectivity index (χ3v) is 2.37. The molecule has 0 saturated heterocycles. The summed E-state index contributed by atoms with van der Waals surface area (Å²) >= 11 is 0. The third kappa shape index (κ3) is 4.34. The molecule has 1 aromatic rings. The van der Waals surface area contributed by atoms with Gasteiger partial charge in [0.05, 0.1) is 6.10 Å². The number of benzene rings is 1. The number of ether oxygens (including phenoxy) is 1. The molecule has 0 bridgehead atoms. The molecule has 15 heavy (non-hydrogen) atoms. The van der Waals surface area contributed by atoms with Crippen LogP contribution in [-0.4, -0.2) is 12.1 Å². The molecule has 0 aliphatic heterocycles. The van der Waals surface area contributed by atoms with Crippen LogP contribution in [-0.2, 0) is 6.42 Å². The molecular formula is C13H21NO. The van der Waals surface area contributed by atoms with Gasteiger partial charge in [-0.25, -0.2) is 0 Å². The summed E-state index contributed by atoms with van der Waals surface area (Å²) in [6, 6.07) is 8.39. The lowest BCUT2D eigenvalue weighted by Gasteiger charge is -2.13. The third-order valence-electron chi connectivity index (χ3n) is 2.37. The Morgan fingerprint density at radius 2 is 2.07 bits per heavy atom. The second kappa shape index (κ2) is 5.76. The van der Waals surface area contributed by atoms with Gasteiger partial charge in [0.25, 0.3) is 0 Å². The van der Waals surface area contributed by atoms with Crippen molar-refractivity contribution in [3.8, 4) is 5.75 Å². The van der Waals surface area contributed by atoms with E-state index in [2.05, 4.69) is 26.0 Å². The van der Waals surface area contributed by atoms with Crippen molar-refractivity contribution >= 4 is 0 Å². The summed E-state index contributed by atoms with van der Waals surface area (Å²) < 4.78 is 5.74. The molecule has 2 unspecified atom stereocenters. The van der Waals surface area contributed by atoms with Crippen molar-refractivity contribution in [2.45, 2.75) is 45.8 Å². The Morgan fingerprint density at radius 1 is 1.33 bits per heavy atom. The number of rotatable bonds is 5. The molecule has 2 atom stereocenters. The molecule has 0 amide bonds. The molecule has 0 fully saturated rings. The quantitative estimate of drug-likeness (QED) is 0.805. The molecular weight excluding hydrogens is 186 g/mol. The van der Waals surface area contributed by atoms with E-state index in [4.69, 9.17) is 10.5 Å². The number of hydrogen-bond acceptors (Lipinski definition) is 2. The van der Waals surface area contributed by atoms with Crippen molar-refractivity contribution in [2.24, 2.45) is 5.73 Å². The van der Waals surface area contributed by atoms with E-state index in [1.807, 2.05) is 19.1 Å². The van der Waals surface area contributed by atoms with Gasteiger partial charge >= 0.3 is 0 Å². The van der Waals surface area contributed by atoms with Gasteiger partial charge in [-0.1, -0.05) is 19.1 Å². The molecule has 0 aromatic heterocycles. The monoisotopic (exact) mass is 207 g/mol. The second-order valence-electron chi connectivity index (χ2n) is 4.17. The minimum atomic E-state index is 0.198. The van der Waals surface area contributed by atoms with Crippen LogP contribution in [0.25, 0.3) is 0 Å². The summed E-state index contributed by atoms with van der Waals surface area (Å²) in [5.74, 6) is 0.947. The molecule has 0 saturated carbocycles. The molecule has 0 aliphatic rings. The van der Waals surface area contributed by atoms with Crippen LogP contribution in [0.2, 0.25) is 0 Å². The lowest BCUT2D eigenvalue weighted by atomic mass is 10.1. The molecule has 0 radical (unpaired) electrons. The van der Waals surface area contributed by atoms with Gasteiger partial charge < -0.3 is 10.5 Å². The highest BCUT2D eigenvalue weighted by Gasteiger charge is 2.03. The fourth-order valence-electron chi connectivity index (χ4n) is 1.43. The molecule has 84 valence electrons. The van der Waals surface area contributed by atoms with Crippen molar-refractivity contribution in [1.82, 2.24) is 0 Å². The van der Waals surface area contributed by atoms with Gasteiger partial charge in [0.2, 0.25) is 0 Å². The van der Waals surface area contributed by atoms with Crippen molar-refractivity contribution < 1.29 is 4.74 Å². The molecule has 2 N–H and O–H groups in total. The maximum absolute atomic E-state index is 5.76. The van der Waals surface area contributed by atoms with E-state index in [-0.39, 0.29) is 12.1 Å². The number of hydrogen-bond donors (Lipinski definition) is 1. The average molecular weight is 207 g/mol. The zero-order chi connectivity index (χ0) is 11.3. The van der Waals surface area contributed by atoms with Crippen LogP contribution < -0.4 is 10.5 Å². The molecule has 1 rings (SSSR count). The Labute approximate surface area is 92.4 Å². The molecule has 0 aliphatic carbocycles. The Balaban J connectivity index is 2.65. The van der Waals surface area contributed by atoms with Crippen molar-refractivity contribution in [2.75, 3.05) is 0 Å². The fraction of sp³-hybridized carbons (Fsp3) is 0.538. The summed E-state index contributed by atoms with van der Waals surface area (Å²) in [5, 5.41) is 0. The Bertz CT molecular complexity index is 296. The van der Waals surface area contributed by atoms with Crippen LogP contribution in [0.3, 0.4) is 0 Å². The van der Waals surface area contributed by atoms with Crippen molar-refractivity contribution in [3.63, 3.8) is 0 Å². The standard InChI is InChI=1S/C13H21NO/c1-4-11(3)15-13-7-5-6-12(9-13)8-10(2)14/h5-7,9-11H,4,8,14H2,1-3H3. The van der Waals surface area contributed by atoms with Crippen LogP contribution in [0.4, 0.5) is 0 Å². The molecule has 2 nitrogen and oxygen atoms in total. The highest BCUT2D eigenvalue weighted by Crippen LogP contribution is 2.16. The largest absolute Gasteiger partial charge is 0.491 e. The lowest BCUT2D eigenvalue weighted by molar-refractivity contribution is 0.217. The van der Waals surface area contributed by atoms with Gasteiger partial charge in [-0.15, -0.1) is 0 Å². The predicted octanol–water partition coefficient (Wildman–Crippen LogP) is 2.75. The van der Waals surface area contributed by atoms with E-state index < -0.39 is 0 Å². The first-order valence-corrected chi connectivity index (χ1v) is 5.63. The van der Waals surface area contributed by atoms with Crippen LogP contribution in [0.1, 0.15) is 32.8 Å². The Morgan fingerprint density at radius 3 is 2.67 bits per heavy atom. The van der Waals surface area contributed by atoms with Gasteiger partial charge in [-0.3, -0.25) is 0 Å². The van der Waals surface area contributed by atoms with Crippen LogP contribution >= 0.6 is 0 Å². The first-order chi connectivity index (χ1) is 7.11. The van der Waals surface area contributed by atoms with Gasteiger partial charge in [0.1, 0.15) is 5.75 Å². The van der Waals surface area contributed by atoms with Gasteiger partial charge in [-0.2, -0.15) is 0 Å². The zero-order valence-corrected chi connectivity index (χ0v) is 9.86. The normalized spacial score (nSPS) is 14.7. The van der Waals surface area contributed by atoms with Gasteiger partial charge in [0, 0.05) is 6.04 Å².